The van der Waals surface area contributed by atoms with Crippen LogP contribution >= 0.6 is 0 Å². The highest BCUT2D eigenvalue weighted by molar-refractivity contribution is 4.78. The van der Waals surface area contributed by atoms with Crippen LogP contribution in [0.5, 0.6) is 0 Å². The van der Waals surface area contributed by atoms with Crippen LogP contribution in [0.3, 0.4) is 0 Å². The molecule has 0 amide bonds. The molecule has 0 aliphatic rings. The first-order valence-electron chi connectivity index (χ1n) is 3.90. The average Bonchev–Trinajstić information content (AvgIpc) is 1.86. The molecule has 0 aromatic rings. The summed E-state index contributed by atoms with van der Waals surface area (Å²) < 4.78 is 0. The van der Waals surface area contributed by atoms with Gasteiger partial charge in [0.15, 0.2) is 0 Å². The zero-order valence-corrected chi connectivity index (χ0v) is 7.20. The first-order valence-corrected chi connectivity index (χ1v) is 3.90. The highest BCUT2D eigenvalue weighted by Crippen LogP contribution is 2.33. The Bertz CT molecular complexity index is 68.1. The van der Waals surface area contributed by atoms with Crippen LogP contribution in [0.25, 0.3) is 0 Å². The SMILES string of the molecule is [CH2]C(C)C(C)(CC)CC. The monoisotopic (exact) mass is 127 g/mol. The lowest BCUT2D eigenvalue weighted by Crippen LogP contribution is -2.21. The van der Waals surface area contributed by atoms with Crippen LogP contribution in [0.2, 0.25) is 0 Å². The second-order valence-corrected chi connectivity index (χ2v) is 3.26. The molecule has 0 bridgehead atoms. The maximum Gasteiger partial charge on any atom is -0.0305 e. The first kappa shape index (κ1) is 9.00. The Balaban J connectivity index is 3.92. The van der Waals surface area contributed by atoms with Gasteiger partial charge in [0.25, 0.3) is 0 Å². The second-order valence-electron chi connectivity index (χ2n) is 3.26. The fraction of sp³-hybridized carbons (Fsp3) is 0.889. The van der Waals surface area contributed by atoms with Gasteiger partial charge in [0, 0.05) is 0 Å². The van der Waals surface area contributed by atoms with Crippen LogP contribution in [0, 0.1) is 18.3 Å². The van der Waals surface area contributed by atoms with Crippen molar-refractivity contribution >= 4 is 0 Å². The van der Waals surface area contributed by atoms with Gasteiger partial charge in [-0.25, -0.2) is 0 Å². The van der Waals surface area contributed by atoms with E-state index in [4.69, 9.17) is 0 Å². The molecular weight excluding hydrogens is 108 g/mol. The Morgan fingerprint density at radius 1 is 1.33 bits per heavy atom. The van der Waals surface area contributed by atoms with Crippen molar-refractivity contribution < 1.29 is 0 Å². The molecule has 0 rings (SSSR count). The van der Waals surface area contributed by atoms with Gasteiger partial charge in [-0.05, 0) is 18.3 Å². The molecule has 1 radical (unpaired) electrons. The minimum atomic E-state index is 0.472. The smallest absolute Gasteiger partial charge is 0.0305 e. The molecule has 0 fully saturated rings. The lowest BCUT2D eigenvalue weighted by molar-refractivity contribution is 0.221. The van der Waals surface area contributed by atoms with E-state index >= 15 is 0 Å². The Morgan fingerprint density at radius 2 is 1.67 bits per heavy atom. The van der Waals surface area contributed by atoms with Crippen molar-refractivity contribution in [3.05, 3.63) is 6.92 Å². The predicted molar refractivity (Wildman–Crippen MR) is 43.2 cm³/mol. The molecule has 0 saturated heterocycles. The lowest BCUT2D eigenvalue weighted by Gasteiger charge is -2.30. The molecule has 0 nitrogen and oxygen atoms in total. The Kier molecular flexibility index (Phi) is 3.24. The van der Waals surface area contributed by atoms with Gasteiger partial charge in [-0.15, -0.1) is 0 Å². The molecule has 0 saturated carbocycles. The lowest BCUT2D eigenvalue weighted by atomic mass is 9.75. The molecule has 0 heteroatoms. The molecule has 9 heavy (non-hydrogen) atoms. The largest absolute Gasteiger partial charge is 0.0649 e. The van der Waals surface area contributed by atoms with Crippen molar-refractivity contribution in [2.24, 2.45) is 11.3 Å². The van der Waals surface area contributed by atoms with Gasteiger partial charge >= 0.3 is 0 Å². The van der Waals surface area contributed by atoms with Crippen molar-refractivity contribution in [2.75, 3.05) is 0 Å². The maximum atomic E-state index is 4.05. The summed E-state index contributed by atoms with van der Waals surface area (Å²) in [6.45, 7) is 13.0. The van der Waals surface area contributed by atoms with Crippen LogP contribution in [0.4, 0.5) is 0 Å². The third kappa shape index (κ3) is 2.00. The summed E-state index contributed by atoms with van der Waals surface area (Å²) in [5.41, 5.74) is 0.472. The summed E-state index contributed by atoms with van der Waals surface area (Å²) in [6.07, 6.45) is 2.49. The van der Waals surface area contributed by atoms with E-state index in [-0.39, 0.29) is 0 Å². The van der Waals surface area contributed by atoms with Gasteiger partial charge in [0.1, 0.15) is 0 Å². The van der Waals surface area contributed by atoms with E-state index in [2.05, 4.69) is 34.6 Å². The van der Waals surface area contributed by atoms with E-state index in [0.717, 1.165) is 0 Å². The minimum absolute atomic E-state index is 0.472. The van der Waals surface area contributed by atoms with Crippen molar-refractivity contribution in [3.8, 4) is 0 Å². The molecule has 1 unspecified atom stereocenters. The van der Waals surface area contributed by atoms with Crippen LogP contribution in [-0.2, 0) is 0 Å². The summed E-state index contributed by atoms with van der Waals surface area (Å²) in [6, 6.07) is 0. The van der Waals surface area contributed by atoms with Gasteiger partial charge < -0.3 is 0 Å². The summed E-state index contributed by atoms with van der Waals surface area (Å²) in [7, 11) is 0. The summed E-state index contributed by atoms with van der Waals surface area (Å²) >= 11 is 0. The Labute approximate surface area is 59.7 Å². The van der Waals surface area contributed by atoms with Crippen molar-refractivity contribution in [3.63, 3.8) is 0 Å². The van der Waals surface area contributed by atoms with Gasteiger partial charge in [0.2, 0.25) is 0 Å². The molecule has 1 atom stereocenters. The van der Waals surface area contributed by atoms with E-state index in [1.54, 1.807) is 0 Å². The molecule has 0 N–H and O–H groups in total. The highest BCUT2D eigenvalue weighted by atomic mass is 14.3. The normalized spacial score (nSPS) is 12.7. The maximum absolute atomic E-state index is 4.05. The van der Waals surface area contributed by atoms with Gasteiger partial charge in [-0.3, -0.25) is 0 Å². The predicted octanol–water partition coefficient (Wildman–Crippen LogP) is 3.28. The second kappa shape index (κ2) is 3.24. The summed E-state index contributed by atoms with van der Waals surface area (Å²) in [4.78, 5) is 0. The zero-order chi connectivity index (χ0) is 7.49. The third-order valence-electron chi connectivity index (χ3n) is 2.81. The average molecular weight is 127 g/mol. The van der Waals surface area contributed by atoms with E-state index in [0.29, 0.717) is 11.3 Å². The molecule has 0 heterocycles. The Hall–Kier alpha value is 0. The molecular formula is C9H19. The standard InChI is InChI=1S/C9H19/c1-6-9(5,7-2)8(3)4/h8H,3,6-7H2,1-2,4-5H3. The number of hydrogen-bond acceptors (Lipinski definition) is 0. The van der Waals surface area contributed by atoms with Gasteiger partial charge in [0.05, 0.1) is 0 Å². The minimum Gasteiger partial charge on any atom is -0.0649 e. The summed E-state index contributed by atoms with van der Waals surface area (Å²) in [5.74, 6) is 0.576. The molecule has 0 aromatic heterocycles. The van der Waals surface area contributed by atoms with E-state index < -0.39 is 0 Å². The summed E-state index contributed by atoms with van der Waals surface area (Å²) in [5, 5.41) is 0. The van der Waals surface area contributed by atoms with Crippen molar-refractivity contribution in [1.29, 1.82) is 0 Å². The van der Waals surface area contributed by atoms with E-state index in [1.807, 2.05) is 0 Å². The quantitative estimate of drug-likeness (QED) is 0.545. The molecule has 0 spiro atoms. The third-order valence-corrected chi connectivity index (χ3v) is 2.81. The van der Waals surface area contributed by atoms with E-state index in [9.17, 15) is 0 Å². The highest BCUT2D eigenvalue weighted by Gasteiger charge is 2.23. The molecule has 0 aliphatic heterocycles. The molecule has 0 aromatic carbocycles. The van der Waals surface area contributed by atoms with E-state index in [1.165, 1.54) is 12.8 Å². The van der Waals surface area contributed by atoms with Crippen LogP contribution in [-0.4, -0.2) is 0 Å². The van der Waals surface area contributed by atoms with Crippen molar-refractivity contribution in [1.82, 2.24) is 0 Å². The number of rotatable bonds is 3. The fourth-order valence-electron chi connectivity index (χ4n) is 0.947. The van der Waals surface area contributed by atoms with Gasteiger partial charge in [-0.2, -0.15) is 0 Å². The van der Waals surface area contributed by atoms with Crippen LogP contribution in [0.1, 0.15) is 40.5 Å². The molecule has 0 aliphatic carbocycles. The fourth-order valence-corrected chi connectivity index (χ4v) is 0.947. The van der Waals surface area contributed by atoms with Crippen LogP contribution < -0.4 is 0 Å². The zero-order valence-electron chi connectivity index (χ0n) is 7.20. The van der Waals surface area contributed by atoms with Crippen LogP contribution in [0.15, 0.2) is 0 Å². The van der Waals surface area contributed by atoms with Crippen molar-refractivity contribution in [2.45, 2.75) is 40.5 Å². The molecule has 55 valence electrons. The van der Waals surface area contributed by atoms with Gasteiger partial charge in [-0.1, -0.05) is 40.5 Å². The topological polar surface area (TPSA) is 0 Å². The Morgan fingerprint density at radius 3 is 1.67 bits per heavy atom. The number of hydrogen-bond donors (Lipinski definition) is 0. The first-order chi connectivity index (χ1) is 4.06.